The van der Waals surface area contributed by atoms with Gasteiger partial charge >= 0.3 is 0 Å². The zero-order chi connectivity index (χ0) is 11.7. The van der Waals surface area contributed by atoms with Crippen molar-refractivity contribution in [2.75, 3.05) is 0 Å². The maximum absolute atomic E-state index is 13.6. The maximum Gasteiger partial charge on any atom is 0.129 e. The first-order valence-corrected chi connectivity index (χ1v) is 5.81. The number of rotatable bonds is 2. The summed E-state index contributed by atoms with van der Waals surface area (Å²) in [6.07, 6.45) is 1.98. The van der Waals surface area contributed by atoms with E-state index in [2.05, 4.69) is 0 Å². The Morgan fingerprint density at radius 3 is 2.81 bits per heavy atom. The van der Waals surface area contributed by atoms with E-state index in [0.717, 1.165) is 12.8 Å². The van der Waals surface area contributed by atoms with Gasteiger partial charge in [-0.2, -0.15) is 0 Å². The van der Waals surface area contributed by atoms with E-state index in [1.807, 2.05) is 6.92 Å². The van der Waals surface area contributed by atoms with Crippen molar-refractivity contribution in [3.05, 3.63) is 34.6 Å². The molecule has 88 valence electrons. The second-order valence-electron chi connectivity index (χ2n) is 4.25. The number of nitrogens with two attached hydrogens (primary N) is 1. The lowest BCUT2D eigenvalue weighted by Crippen LogP contribution is -2.27. The van der Waals surface area contributed by atoms with Gasteiger partial charge in [0.15, 0.2) is 0 Å². The van der Waals surface area contributed by atoms with Crippen molar-refractivity contribution in [1.29, 1.82) is 0 Å². The van der Waals surface area contributed by atoms with Crippen LogP contribution in [0.5, 0.6) is 0 Å². The highest BCUT2D eigenvalue weighted by Gasteiger charge is 2.29. The molecule has 2 rings (SSSR count). The van der Waals surface area contributed by atoms with Crippen LogP contribution >= 0.6 is 11.6 Å². The highest BCUT2D eigenvalue weighted by molar-refractivity contribution is 6.30. The van der Waals surface area contributed by atoms with Crippen LogP contribution in [0.2, 0.25) is 5.02 Å². The average molecular weight is 244 g/mol. The molecule has 0 aromatic heterocycles. The van der Waals surface area contributed by atoms with Crippen LogP contribution in [0, 0.1) is 5.82 Å². The Morgan fingerprint density at radius 2 is 2.25 bits per heavy atom. The molecule has 3 unspecified atom stereocenters. The quantitative estimate of drug-likeness (QED) is 0.867. The third kappa shape index (κ3) is 2.37. The summed E-state index contributed by atoms with van der Waals surface area (Å²) < 4.78 is 19.3. The molecule has 1 aliphatic heterocycles. The first-order chi connectivity index (χ1) is 7.58. The molecule has 1 saturated heterocycles. The van der Waals surface area contributed by atoms with Crippen molar-refractivity contribution in [2.45, 2.75) is 38.0 Å². The summed E-state index contributed by atoms with van der Waals surface area (Å²) in [6.45, 7) is 2.00. The summed E-state index contributed by atoms with van der Waals surface area (Å²) in [5.74, 6) is -0.358. The second kappa shape index (κ2) is 4.70. The maximum atomic E-state index is 13.6. The number of benzene rings is 1. The van der Waals surface area contributed by atoms with Gasteiger partial charge in [0.2, 0.25) is 0 Å². The van der Waals surface area contributed by atoms with Crippen LogP contribution in [-0.2, 0) is 4.74 Å². The van der Waals surface area contributed by atoms with Gasteiger partial charge in [-0.15, -0.1) is 0 Å². The molecular formula is C12H15ClFNO. The zero-order valence-corrected chi connectivity index (χ0v) is 9.88. The van der Waals surface area contributed by atoms with Crippen LogP contribution in [0.3, 0.4) is 0 Å². The van der Waals surface area contributed by atoms with Crippen molar-refractivity contribution in [1.82, 2.24) is 0 Å². The summed E-state index contributed by atoms with van der Waals surface area (Å²) >= 11 is 5.69. The lowest BCUT2D eigenvalue weighted by Gasteiger charge is -2.20. The fraction of sp³-hybridized carbons (Fsp3) is 0.500. The van der Waals surface area contributed by atoms with E-state index in [1.165, 1.54) is 6.07 Å². The molecule has 0 bridgehead atoms. The molecule has 2 nitrogen and oxygen atoms in total. The molecule has 1 aliphatic rings. The van der Waals surface area contributed by atoms with Gasteiger partial charge in [-0.05, 0) is 31.9 Å². The molecule has 1 heterocycles. The summed E-state index contributed by atoms with van der Waals surface area (Å²) in [7, 11) is 0. The molecule has 1 aromatic rings. The zero-order valence-electron chi connectivity index (χ0n) is 9.12. The predicted octanol–water partition coefficient (Wildman–Crippen LogP) is 3.05. The second-order valence-corrected chi connectivity index (χ2v) is 4.69. The highest BCUT2D eigenvalue weighted by atomic mass is 35.5. The van der Waals surface area contributed by atoms with Crippen molar-refractivity contribution in [3.63, 3.8) is 0 Å². The monoisotopic (exact) mass is 243 g/mol. The Bertz CT molecular complexity index is 385. The summed E-state index contributed by atoms with van der Waals surface area (Å²) in [5.41, 5.74) is 6.48. The topological polar surface area (TPSA) is 35.2 Å². The fourth-order valence-corrected chi connectivity index (χ4v) is 2.23. The molecule has 0 saturated carbocycles. The van der Waals surface area contributed by atoms with Gasteiger partial charge in [-0.3, -0.25) is 0 Å². The van der Waals surface area contributed by atoms with E-state index >= 15 is 0 Å². The smallest absolute Gasteiger partial charge is 0.129 e. The first kappa shape index (κ1) is 11.8. The lowest BCUT2D eigenvalue weighted by atomic mass is 9.99. The molecule has 3 atom stereocenters. The summed E-state index contributed by atoms with van der Waals surface area (Å²) in [4.78, 5) is 0. The molecule has 16 heavy (non-hydrogen) atoms. The molecular weight excluding hydrogens is 229 g/mol. The predicted molar refractivity (Wildman–Crippen MR) is 61.9 cm³/mol. The Hall–Kier alpha value is -0.640. The van der Waals surface area contributed by atoms with Crippen molar-refractivity contribution < 1.29 is 9.13 Å². The number of hydrogen-bond acceptors (Lipinski definition) is 2. The van der Waals surface area contributed by atoms with Crippen LogP contribution in [0.1, 0.15) is 31.4 Å². The molecule has 0 amide bonds. The molecule has 0 spiro atoms. The average Bonchev–Trinajstić information content (AvgIpc) is 2.64. The minimum absolute atomic E-state index is 0.0920. The van der Waals surface area contributed by atoms with Crippen molar-refractivity contribution >= 4 is 11.6 Å². The summed E-state index contributed by atoms with van der Waals surface area (Å²) in [5, 5.41) is 0.383. The fourth-order valence-electron chi connectivity index (χ4n) is 2.07. The van der Waals surface area contributed by atoms with Crippen molar-refractivity contribution in [3.8, 4) is 0 Å². The van der Waals surface area contributed by atoms with Crippen LogP contribution in [0.25, 0.3) is 0 Å². The Balaban J connectivity index is 2.17. The van der Waals surface area contributed by atoms with Gasteiger partial charge in [-0.1, -0.05) is 17.7 Å². The van der Waals surface area contributed by atoms with Gasteiger partial charge < -0.3 is 10.5 Å². The first-order valence-electron chi connectivity index (χ1n) is 5.44. The largest absolute Gasteiger partial charge is 0.373 e. The van der Waals surface area contributed by atoms with E-state index in [-0.39, 0.29) is 18.0 Å². The molecule has 0 radical (unpaired) electrons. The van der Waals surface area contributed by atoms with Gasteiger partial charge in [0.05, 0.1) is 18.2 Å². The normalized spacial score (nSPS) is 27.0. The van der Waals surface area contributed by atoms with E-state index in [0.29, 0.717) is 10.6 Å². The van der Waals surface area contributed by atoms with Gasteiger partial charge in [0.1, 0.15) is 5.82 Å². The van der Waals surface area contributed by atoms with E-state index in [1.54, 1.807) is 12.1 Å². The van der Waals surface area contributed by atoms with E-state index in [4.69, 9.17) is 22.1 Å². The van der Waals surface area contributed by atoms with E-state index < -0.39 is 6.04 Å². The molecule has 1 aromatic carbocycles. The number of halogens is 2. The summed E-state index contributed by atoms with van der Waals surface area (Å²) in [6, 6.07) is 4.16. The minimum atomic E-state index is -0.415. The van der Waals surface area contributed by atoms with Gasteiger partial charge in [0, 0.05) is 10.6 Å². The Kier molecular flexibility index (Phi) is 3.47. The molecule has 2 N–H and O–H groups in total. The number of hydrogen-bond donors (Lipinski definition) is 1. The molecule has 1 fully saturated rings. The van der Waals surface area contributed by atoms with Gasteiger partial charge in [-0.25, -0.2) is 4.39 Å². The minimum Gasteiger partial charge on any atom is -0.373 e. The molecule has 4 heteroatoms. The Labute approximate surface area is 99.5 Å². The SMILES string of the molecule is CC1CCC(C(N)c2ccc(Cl)cc2F)O1. The van der Waals surface area contributed by atoms with Crippen LogP contribution < -0.4 is 5.73 Å². The van der Waals surface area contributed by atoms with Crippen LogP contribution in [-0.4, -0.2) is 12.2 Å². The van der Waals surface area contributed by atoms with E-state index in [9.17, 15) is 4.39 Å². The number of ether oxygens (including phenoxy) is 1. The third-order valence-electron chi connectivity index (χ3n) is 2.99. The van der Waals surface area contributed by atoms with Crippen molar-refractivity contribution in [2.24, 2.45) is 5.73 Å². The van der Waals surface area contributed by atoms with Gasteiger partial charge in [0.25, 0.3) is 0 Å². The van der Waals surface area contributed by atoms with Crippen LogP contribution in [0.15, 0.2) is 18.2 Å². The van der Waals surface area contributed by atoms with Crippen LogP contribution in [0.4, 0.5) is 4.39 Å². The lowest BCUT2D eigenvalue weighted by molar-refractivity contribution is 0.0394. The Morgan fingerprint density at radius 1 is 1.50 bits per heavy atom. The highest BCUT2D eigenvalue weighted by Crippen LogP contribution is 2.30. The third-order valence-corrected chi connectivity index (χ3v) is 3.22. The standard InChI is InChI=1S/C12H15ClFNO/c1-7-2-5-11(16-7)12(15)9-4-3-8(13)6-10(9)14/h3-4,6-7,11-12H,2,5,15H2,1H3. The molecule has 0 aliphatic carbocycles.